The van der Waals surface area contributed by atoms with Gasteiger partial charge in [0.1, 0.15) is 0 Å². The number of hydrogen-bond donors (Lipinski definition) is 1. The highest BCUT2D eigenvalue weighted by Crippen LogP contribution is 2.40. The molecule has 5 heteroatoms. The highest BCUT2D eigenvalue weighted by molar-refractivity contribution is 6.32. The van der Waals surface area contributed by atoms with Crippen LogP contribution in [-0.2, 0) is 6.54 Å². The summed E-state index contributed by atoms with van der Waals surface area (Å²) in [6.45, 7) is 3.38. The van der Waals surface area contributed by atoms with Crippen molar-refractivity contribution < 1.29 is 14.6 Å². The number of piperidine rings is 1. The summed E-state index contributed by atoms with van der Waals surface area (Å²) < 4.78 is 10.7. The van der Waals surface area contributed by atoms with E-state index in [2.05, 4.69) is 4.90 Å². The lowest BCUT2D eigenvalue weighted by atomic mass is 9.98. The molecule has 3 rings (SSSR count). The zero-order valence-electron chi connectivity index (χ0n) is 10.8. The molecule has 2 aliphatic rings. The van der Waals surface area contributed by atoms with Crippen molar-refractivity contribution in [2.75, 3.05) is 26.5 Å². The van der Waals surface area contributed by atoms with Crippen molar-refractivity contribution in [3.63, 3.8) is 0 Å². The second-order valence-electron chi connectivity index (χ2n) is 5.24. The van der Waals surface area contributed by atoms with E-state index in [1.54, 1.807) is 0 Å². The lowest BCUT2D eigenvalue weighted by Crippen LogP contribution is -2.36. The number of halogens is 1. The molecule has 4 nitrogen and oxygen atoms in total. The highest BCUT2D eigenvalue weighted by Gasteiger charge is 2.22. The summed E-state index contributed by atoms with van der Waals surface area (Å²) in [5.41, 5.74) is 1.13. The van der Waals surface area contributed by atoms with Gasteiger partial charge in [0.05, 0.1) is 5.02 Å². The predicted molar refractivity (Wildman–Crippen MR) is 72.7 cm³/mol. The number of aliphatic hydroxyl groups is 1. The van der Waals surface area contributed by atoms with Gasteiger partial charge in [0.15, 0.2) is 11.5 Å². The molecule has 0 spiro atoms. The Morgan fingerprint density at radius 1 is 1.37 bits per heavy atom. The maximum atomic E-state index is 9.26. The first-order valence-electron chi connectivity index (χ1n) is 6.67. The Labute approximate surface area is 117 Å². The normalized spacial score (nSPS) is 22.7. The first-order valence-corrected chi connectivity index (χ1v) is 7.05. The van der Waals surface area contributed by atoms with Crippen LogP contribution in [0.25, 0.3) is 0 Å². The minimum atomic E-state index is 0.245. The van der Waals surface area contributed by atoms with Gasteiger partial charge in [-0.15, -0.1) is 0 Å². The third kappa shape index (κ3) is 2.81. The molecule has 1 atom stereocenters. The van der Waals surface area contributed by atoms with E-state index in [0.717, 1.165) is 43.8 Å². The molecule has 2 heterocycles. The number of fused-ring (bicyclic) bond motifs is 1. The second kappa shape index (κ2) is 5.57. The average molecular weight is 284 g/mol. The maximum absolute atomic E-state index is 9.26. The van der Waals surface area contributed by atoms with Gasteiger partial charge in [-0.25, -0.2) is 0 Å². The lowest BCUT2D eigenvalue weighted by molar-refractivity contribution is 0.116. The van der Waals surface area contributed by atoms with Crippen LogP contribution in [0.2, 0.25) is 5.02 Å². The third-order valence-corrected chi connectivity index (χ3v) is 4.04. The van der Waals surface area contributed by atoms with Gasteiger partial charge in [-0.3, -0.25) is 4.90 Å². The standard InChI is InChI=1S/C14H18ClNO3/c15-12-4-11(5-13-14(12)19-9-18-13)7-16-3-1-2-10(6-16)8-17/h4-5,10,17H,1-3,6-9H2. The maximum Gasteiger partial charge on any atom is 0.231 e. The van der Waals surface area contributed by atoms with Crippen molar-refractivity contribution in [3.05, 3.63) is 22.7 Å². The molecule has 1 aromatic rings. The van der Waals surface area contributed by atoms with Crippen molar-refractivity contribution in [1.29, 1.82) is 0 Å². The Kier molecular flexibility index (Phi) is 3.82. The molecular weight excluding hydrogens is 266 g/mol. The van der Waals surface area contributed by atoms with E-state index in [0.29, 0.717) is 16.7 Å². The van der Waals surface area contributed by atoms with Crippen molar-refractivity contribution in [1.82, 2.24) is 4.90 Å². The molecule has 0 amide bonds. The largest absolute Gasteiger partial charge is 0.454 e. The number of aliphatic hydroxyl groups excluding tert-OH is 1. The summed E-state index contributed by atoms with van der Waals surface area (Å²) in [6.07, 6.45) is 2.26. The van der Waals surface area contributed by atoms with Crippen LogP contribution in [-0.4, -0.2) is 36.5 Å². The Bertz CT molecular complexity index is 466. The molecule has 1 aromatic carbocycles. The van der Waals surface area contributed by atoms with Crippen LogP contribution in [0, 0.1) is 5.92 Å². The molecule has 1 unspecified atom stereocenters. The molecular formula is C14H18ClNO3. The van der Waals surface area contributed by atoms with Gasteiger partial charge in [0.2, 0.25) is 6.79 Å². The summed E-state index contributed by atoms with van der Waals surface area (Å²) >= 11 is 6.18. The monoisotopic (exact) mass is 283 g/mol. The van der Waals surface area contributed by atoms with Crippen molar-refractivity contribution >= 4 is 11.6 Å². The third-order valence-electron chi connectivity index (χ3n) is 3.75. The van der Waals surface area contributed by atoms with E-state index in [1.807, 2.05) is 12.1 Å². The molecule has 1 fully saturated rings. The molecule has 0 saturated carbocycles. The van der Waals surface area contributed by atoms with Crippen LogP contribution in [0.15, 0.2) is 12.1 Å². The van der Waals surface area contributed by atoms with E-state index in [4.69, 9.17) is 21.1 Å². The first-order chi connectivity index (χ1) is 9.26. The van der Waals surface area contributed by atoms with Crippen LogP contribution in [0.3, 0.4) is 0 Å². The Morgan fingerprint density at radius 3 is 3.11 bits per heavy atom. The van der Waals surface area contributed by atoms with Crippen LogP contribution in [0.4, 0.5) is 0 Å². The Balaban J connectivity index is 1.71. The second-order valence-corrected chi connectivity index (χ2v) is 5.64. The van der Waals surface area contributed by atoms with Gasteiger partial charge in [-0.05, 0) is 43.0 Å². The number of hydrogen-bond acceptors (Lipinski definition) is 4. The molecule has 0 aliphatic carbocycles. The molecule has 0 radical (unpaired) electrons. The van der Waals surface area contributed by atoms with E-state index in [9.17, 15) is 5.11 Å². The summed E-state index contributed by atoms with van der Waals surface area (Å²) in [5.74, 6) is 1.79. The minimum absolute atomic E-state index is 0.245. The quantitative estimate of drug-likeness (QED) is 0.924. The van der Waals surface area contributed by atoms with Gasteiger partial charge < -0.3 is 14.6 Å². The number of ether oxygens (including phenoxy) is 2. The Morgan fingerprint density at radius 2 is 2.26 bits per heavy atom. The zero-order valence-corrected chi connectivity index (χ0v) is 11.5. The number of likely N-dealkylation sites (tertiary alicyclic amines) is 1. The van der Waals surface area contributed by atoms with Crippen molar-refractivity contribution in [2.45, 2.75) is 19.4 Å². The SMILES string of the molecule is OCC1CCCN(Cc2cc(Cl)c3c(c2)OCO3)C1. The molecule has 104 valence electrons. The fourth-order valence-electron chi connectivity index (χ4n) is 2.81. The summed E-state index contributed by atoms with van der Waals surface area (Å²) in [6, 6.07) is 3.94. The van der Waals surface area contributed by atoms with E-state index in [-0.39, 0.29) is 13.4 Å². The number of nitrogens with zero attached hydrogens (tertiary/aromatic N) is 1. The van der Waals surface area contributed by atoms with E-state index < -0.39 is 0 Å². The van der Waals surface area contributed by atoms with Crippen LogP contribution in [0.5, 0.6) is 11.5 Å². The van der Waals surface area contributed by atoms with E-state index >= 15 is 0 Å². The fraction of sp³-hybridized carbons (Fsp3) is 0.571. The van der Waals surface area contributed by atoms with Gasteiger partial charge in [0, 0.05) is 19.7 Å². The summed E-state index contributed by atoms with van der Waals surface area (Å²) in [4.78, 5) is 2.36. The number of benzene rings is 1. The lowest BCUT2D eigenvalue weighted by Gasteiger charge is -2.31. The van der Waals surface area contributed by atoms with Gasteiger partial charge in [0.25, 0.3) is 0 Å². The van der Waals surface area contributed by atoms with Crippen LogP contribution in [0.1, 0.15) is 18.4 Å². The number of rotatable bonds is 3. The van der Waals surface area contributed by atoms with Gasteiger partial charge >= 0.3 is 0 Å². The molecule has 2 aliphatic heterocycles. The highest BCUT2D eigenvalue weighted by atomic mass is 35.5. The zero-order chi connectivity index (χ0) is 13.2. The molecule has 0 bridgehead atoms. The molecule has 1 saturated heterocycles. The fourth-order valence-corrected chi connectivity index (χ4v) is 3.10. The first kappa shape index (κ1) is 13.0. The Hall–Kier alpha value is -0.970. The van der Waals surface area contributed by atoms with Crippen LogP contribution >= 0.6 is 11.6 Å². The molecule has 19 heavy (non-hydrogen) atoms. The van der Waals surface area contributed by atoms with Crippen LogP contribution < -0.4 is 9.47 Å². The van der Waals surface area contributed by atoms with Gasteiger partial charge in [-0.1, -0.05) is 11.6 Å². The van der Waals surface area contributed by atoms with E-state index in [1.165, 1.54) is 0 Å². The van der Waals surface area contributed by atoms with Gasteiger partial charge in [-0.2, -0.15) is 0 Å². The predicted octanol–water partition coefficient (Wildman–Crippen LogP) is 2.27. The average Bonchev–Trinajstić information content (AvgIpc) is 2.88. The molecule has 1 N–H and O–H groups in total. The minimum Gasteiger partial charge on any atom is -0.454 e. The molecule has 0 aromatic heterocycles. The smallest absolute Gasteiger partial charge is 0.231 e. The topological polar surface area (TPSA) is 41.9 Å². The van der Waals surface area contributed by atoms with Crippen molar-refractivity contribution in [2.24, 2.45) is 5.92 Å². The summed E-state index contributed by atoms with van der Waals surface area (Å²) in [7, 11) is 0. The van der Waals surface area contributed by atoms with Crippen molar-refractivity contribution in [3.8, 4) is 11.5 Å². The summed E-state index contributed by atoms with van der Waals surface area (Å²) in [5, 5.41) is 9.87.